The number of nitrogens with zero attached hydrogens (tertiary/aromatic N) is 1. The van der Waals surface area contributed by atoms with Crippen LogP contribution in [0.4, 0.5) is 10.2 Å². The van der Waals surface area contributed by atoms with E-state index in [2.05, 4.69) is 4.98 Å². The number of nitrogens with two attached hydrogens (primary N) is 1. The molecule has 0 saturated heterocycles. The summed E-state index contributed by atoms with van der Waals surface area (Å²) in [4.78, 5) is 3.87. The largest absolute Gasteiger partial charge is 0.388 e. The van der Waals surface area contributed by atoms with Crippen LogP contribution in [0.1, 0.15) is 22.8 Å². The van der Waals surface area contributed by atoms with Crippen LogP contribution in [0.2, 0.25) is 0 Å². The van der Waals surface area contributed by atoms with Crippen LogP contribution in [-0.4, -0.2) is 10.1 Å². The van der Waals surface area contributed by atoms with Crippen molar-refractivity contribution < 1.29 is 9.50 Å². The number of aryl methyl sites for hydroxylation is 1. The topological polar surface area (TPSA) is 59.1 Å². The Kier molecular flexibility index (Phi) is 3.58. The highest BCUT2D eigenvalue weighted by molar-refractivity contribution is 5.33. The number of rotatable bonds is 3. The van der Waals surface area contributed by atoms with E-state index in [1.54, 1.807) is 30.5 Å². The Labute approximate surface area is 105 Å². The second kappa shape index (κ2) is 5.14. The number of halogens is 1. The predicted octanol–water partition coefficient (Wildman–Crippen LogP) is 2.39. The van der Waals surface area contributed by atoms with E-state index in [0.29, 0.717) is 17.8 Å². The number of anilines is 1. The SMILES string of the molecule is Cc1ccc(F)c(C(O)Cc2ccnc(N)c2)c1. The maximum Gasteiger partial charge on any atom is 0.129 e. The van der Waals surface area contributed by atoms with Crippen molar-refractivity contribution in [2.75, 3.05) is 5.73 Å². The van der Waals surface area contributed by atoms with Gasteiger partial charge >= 0.3 is 0 Å². The Morgan fingerprint density at radius 2 is 2.11 bits per heavy atom. The zero-order chi connectivity index (χ0) is 13.1. The lowest BCUT2D eigenvalue weighted by atomic mass is 10.00. The molecule has 1 heterocycles. The van der Waals surface area contributed by atoms with Crippen LogP contribution in [-0.2, 0) is 6.42 Å². The van der Waals surface area contributed by atoms with E-state index < -0.39 is 11.9 Å². The van der Waals surface area contributed by atoms with E-state index >= 15 is 0 Å². The van der Waals surface area contributed by atoms with Gasteiger partial charge in [0.2, 0.25) is 0 Å². The van der Waals surface area contributed by atoms with Gasteiger partial charge in [-0.05, 0) is 30.7 Å². The van der Waals surface area contributed by atoms with Gasteiger partial charge in [0, 0.05) is 18.2 Å². The smallest absolute Gasteiger partial charge is 0.129 e. The number of aliphatic hydroxyl groups excluding tert-OH is 1. The molecule has 0 bridgehead atoms. The fourth-order valence-electron chi connectivity index (χ4n) is 1.87. The summed E-state index contributed by atoms with van der Waals surface area (Å²) in [7, 11) is 0. The molecule has 0 aliphatic heterocycles. The molecule has 18 heavy (non-hydrogen) atoms. The molecule has 1 aromatic heterocycles. The van der Waals surface area contributed by atoms with Gasteiger partial charge < -0.3 is 10.8 Å². The van der Waals surface area contributed by atoms with Crippen LogP contribution < -0.4 is 5.73 Å². The molecule has 0 amide bonds. The fraction of sp³-hybridized carbons (Fsp3) is 0.214. The molecule has 3 N–H and O–H groups in total. The fourth-order valence-corrected chi connectivity index (χ4v) is 1.87. The van der Waals surface area contributed by atoms with E-state index in [1.165, 1.54) is 6.07 Å². The lowest BCUT2D eigenvalue weighted by Gasteiger charge is -2.13. The Hall–Kier alpha value is -1.94. The first-order valence-corrected chi connectivity index (χ1v) is 5.71. The van der Waals surface area contributed by atoms with Crippen LogP contribution in [0.3, 0.4) is 0 Å². The molecule has 1 aromatic carbocycles. The lowest BCUT2D eigenvalue weighted by molar-refractivity contribution is 0.173. The molecular weight excluding hydrogens is 231 g/mol. The Balaban J connectivity index is 2.21. The van der Waals surface area contributed by atoms with Crippen LogP contribution >= 0.6 is 0 Å². The Morgan fingerprint density at radius 1 is 1.33 bits per heavy atom. The Bertz CT molecular complexity index is 557. The first-order valence-electron chi connectivity index (χ1n) is 5.71. The van der Waals surface area contributed by atoms with Crippen molar-refractivity contribution in [2.24, 2.45) is 0 Å². The third kappa shape index (κ3) is 2.84. The summed E-state index contributed by atoms with van der Waals surface area (Å²) in [5.74, 6) is -0.000424. The second-order valence-corrected chi connectivity index (χ2v) is 4.33. The average molecular weight is 246 g/mol. The maximum absolute atomic E-state index is 13.6. The van der Waals surface area contributed by atoms with E-state index in [9.17, 15) is 9.50 Å². The monoisotopic (exact) mass is 246 g/mol. The van der Waals surface area contributed by atoms with E-state index in [-0.39, 0.29) is 0 Å². The molecule has 0 fully saturated rings. The highest BCUT2D eigenvalue weighted by Gasteiger charge is 2.13. The van der Waals surface area contributed by atoms with Crippen molar-refractivity contribution in [1.29, 1.82) is 0 Å². The molecular formula is C14H15FN2O. The van der Waals surface area contributed by atoms with Gasteiger partial charge in [-0.15, -0.1) is 0 Å². The summed E-state index contributed by atoms with van der Waals surface area (Å²) < 4.78 is 13.6. The quantitative estimate of drug-likeness (QED) is 0.874. The number of aromatic nitrogens is 1. The van der Waals surface area contributed by atoms with Crippen molar-refractivity contribution in [3.63, 3.8) is 0 Å². The van der Waals surface area contributed by atoms with E-state index in [1.807, 2.05) is 6.92 Å². The number of aliphatic hydroxyl groups is 1. The normalized spacial score (nSPS) is 12.4. The zero-order valence-electron chi connectivity index (χ0n) is 10.1. The molecule has 0 spiro atoms. The van der Waals surface area contributed by atoms with Gasteiger partial charge in [-0.2, -0.15) is 0 Å². The van der Waals surface area contributed by atoms with Crippen LogP contribution in [0.5, 0.6) is 0 Å². The van der Waals surface area contributed by atoms with Gasteiger partial charge in [0.15, 0.2) is 0 Å². The standard InChI is InChI=1S/C14H15FN2O/c1-9-2-3-12(15)11(6-9)13(18)7-10-4-5-17-14(16)8-10/h2-6,8,13,18H,7H2,1H3,(H2,16,17). The van der Waals surface area contributed by atoms with Gasteiger partial charge in [0.1, 0.15) is 11.6 Å². The van der Waals surface area contributed by atoms with Gasteiger partial charge in [-0.3, -0.25) is 0 Å². The predicted molar refractivity (Wildman–Crippen MR) is 68.5 cm³/mol. The highest BCUT2D eigenvalue weighted by atomic mass is 19.1. The van der Waals surface area contributed by atoms with Gasteiger partial charge in [0.05, 0.1) is 6.10 Å². The van der Waals surface area contributed by atoms with Crippen LogP contribution in [0.25, 0.3) is 0 Å². The summed E-state index contributed by atoms with van der Waals surface area (Å²) in [5, 5.41) is 10.1. The number of pyridine rings is 1. The van der Waals surface area contributed by atoms with Crippen molar-refractivity contribution in [2.45, 2.75) is 19.4 Å². The summed E-state index contributed by atoms with van der Waals surface area (Å²) >= 11 is 0. The molecule has 2 rings (SSSR count). The zero-order valence-corrected chi connectivity index (χ0v) is 10.1. The van der Waals surface area contributed by atoms with E-state index in [0.717, 1.165) is 11.1 Å². The maximum atomic E-state index is 13.6. The molecule has 1 unspecified atom stereocenters. The van der Waals surface area contributed by atoms with Gasteiger partial charge in [-0.25, -0.2) is 9.37 Å². The van der Waals surface area contributed by atoms with Gasteiger partial charge in [-0.1, -0.05) is 17.7 Å². The van der Waals surface area contributed by atoms with Crippen LogP contribution in [0, 0.1) is 12.7 Å². The molecule has 1 atom stereocenters. The summed E-state index contributed by atoms with van der Waals surface area (Å²) in [6.45, 7) is 1.86. The van der Waals surface area contributed by atoms with Crippen LogP contribution in [0.15, 0.2) is 36.5 Å². The first-order chi connectivity index (χ1) is 8.56. The number of nitrogen functional groups attached to an aromatic ring is 1. The summed E-state index contributed by atoms with van der Waals surface area (Å²) in [6, 6.07) is 8.14. The second-order valence-electron chi connectivity index (χ2n) is 4.33. The molecule has 0 aliphatic carbocycles. The molecule has 0 saturated carbocycles. The first kappa shape index (κ1) is 12.5. The molecule has 2 aromatic rings. The minimum atomic E-state index is -0.883. The third-order valence-electron chi connectivity index (χ3n) is 2.79. The summed E-state index contributed by atoms with van der Waals surface area (Å²) in [5.41, 5.74) is 7.62. The van der Waals surface area contributed by atoms with E-state index in [4.69, 9.17) is 5.73 Å². The van der Waals surface area contributed by atoms with Crippen molar-refractivity contribution in [3.05, 3.63) is 59.0 Å². The highest BCUT2D eigenvalue weighted by Crippen LogP contribution is 2.22. The average Bonchev–Trinajstić information content (AvgIpc) is 2.32. The van der Waals surface area contributed by atoms with Crippen molar-refractivity contribution in [1.82, 2.24) is 4.98 Å². The Morgan fingerprint density at radius 3 is 2.83 bits per heavy atom. The number of hydrogen-bond acceptors (Lipinski definition) is 3. The number of benzene rings is 1. The number of hydrogen-bond donors (Lipinski definition) is 2. The third-order valence-corrected chi connectivity index (χ3v) is 2.79. The lowest BCUT2D eigenvalue weighted by Crippen LogP contribution is -2.05. The summed E-state index contributed by atoms with van der Waals surface area (Å²) in [6.07, 6.45) is 1.00. The molecule has 3 nitrogen and oxygen atoms in total. The van der Waals surface area contributed by atoms with Crippen molar-refractivity contribution >= 4 is 5.82 Å². The molecule has 0 aliphatic rings. The molecule has 0 radical (unpaired) electrons. The van der Waals surface area contributed by atoms with Gasteiger partial charge in [0.25, 0.3) is 0 Å². The van der Waals surface area contributed by atoms with Crippen molar-refractivity contribution in [3.8, 4) is 0 Å². The molecule has 94 valence electrons. The molecule has 4 heteroatoms. The minimum absolute atomic E-state index is 0.311. The minimum Gasteiger partial charge on any atom is -0.388 e.